The molecule has 0 radical (unpaired) electrons. The summed E-state index contributed by atoms with van der Waals surface area (Å²) in [6, 6.07) is 11.0. The van der Waals surface area contributed by atoms with Gasteiger partial charge in [0.05, 0.1) is 18.7 Å². The number of anilines is 1. The van der Waals surface area contributed by atoms with E-state index in [4.69, 9.17) is 14.2 Å². The first-order valence-electron chi connectivity index (χ1n) is 12.8. The molecule has 11 nitrogen and oxygen atoms in total. The van der Waals surface area contributed by atoms with Crippen molar-refractivity contribution in [3.05, 3.63) is 87.1 Å². The number of halogens is 1. The number of carbonyl (C=O) groups is 2. The van der Waals surface area contributed by atoms with Gasteiger partial charge in [0.25, 0.3) is 0 Å². The molecule has 41 heavy (non-hydrogen) atoms. The van der Waals surface area contributed by atoms with E-state index < -0.39 is 24.7 Å². The van der Waals surface area contributed by atoms with Gasteiger partial charge in [-0.2, -0.15) is 4.98 Å². The third-order valence-electron chi connectivity index (χ3n) is 6.31. The quantitative estimate of drug-likeness (QED) is 0.189. The Kier molecular flexibility index (Phi) is 8.43. The number of hydrogen-bond acceptors (Lipinski definition) is 11. The minimum atomic E-state index is -0.963. The fourth-order valence-electron chi connectivity index (χ4n) is 4.11. The Morgan fingerprint density at radius 1 is 1.07 bits per heavy atom. The van der Waals surface area contributed by atoms with Crippen molar-refractivity contribution in [2.45, 2.75) is 39.7 Å². The molecule has 3 aromatic heterocycles. The summed E-state index contributed by atoms with van der Waals surface area (Å²) in [4.78, 5) is 39.8. The number of benzene rings is 1. The maximum Gasteiger partial charge on any atom is 0.418 e. The zero-order valence-corrected chi connectivity index (χ0v) is 23.4. The number of carbonyl (C=O) groups excluding carboxylic acids is 2. The fraction of sp³-hybridized carbons (Fsp3) is 0.321. The van der Waals surface area contributed by atoms with E-state index in [0.717, 1.165) is 28.8 Å². The van der Waals surface area contributed by atoms with Crippen LogP contribution >= 0.6 is 11.3 Å². The number of rotatable bonds is 10. The first-order valence-corrected chi connectivity index (χ1v) is 13.6. The van der Waals surface area contributed by atoms with E-state index in [-0.39, 0.29) is 17.9 Å². The van der Waals surface area contributed by atoms with Gasteiger partial charge in [0.2, 0.25) is 12.7 Å². The van der Waals surface area contributed by atoms with Crippen molar-refractivity contribution in [3.8, 4) is 5.88 Å². The normalized spacial score (nSPS) is 15.7. The predicted octanol–water partition coefficient (Wildman–Crippen LogP) is 4.93. The number of ether oxygens (including phenoxy) is 3. The molecule has 13 heteroatoms. The molecule has 1 saturated carbocycles. The third-order valence-corrected chi connectivity index (χ3v) is 7.13. The zero-order chi connectivity index (χ0) is 28.9. The number of amides is 1. The van der Waals surface area contributed by atoms with Crippen LogP contribution in [0.4, 0.5) is 15.0 Å². The summed E-state index contributed by atoms with van der Waals surface area (Å²) in [6.45, 7) is 5.17. The lowest BCUT2D eigenvalue weighted by atomic mass is 10.2. The zero-order valence-electron chi connectivity index (χ0n) is 22.6. The van der Waals surface area contributed by atoms with Crippen LogP contribution in [0.5, 0.6) is 5.88 Å². The van der Waals surface area contributed by atoms with Crippen molar-refractivity contribution in [1.82, 2.24) is 25.1 Å². The number of esters is 1. The van der Waals surface area contributed by atoms with Crippen LogP contribution in [-0.2, 0) is 16.0 Å². The summed E-state index contributed by atoms with van der Waals surface area (Å²) in [6.07, 6.45) is 1.96. The van der Waals surface area contributed by atoms with Gasteiger partial charge < -0.3 is 14.2 Å². The Hall–Kier alpha value is -4.52. The first kappa shape index (κ1) is 28.0. The largest absolute Gasteiger partial charge is 0.477 e. The molecule has 4 aromatic rings. The van der Waals surface area contributed by atoms with Gasteiger partial charge in [-0.3, -0.25) is 9.88 Å². The second kappa shape index (κ2) is 12.3. The SMILES string of the molecule is Cc1ccc([C@H]2C[C@@H]2COc2cc(N(Cc3nnc(C)s3)C(=O)OCOC(=O)c3ccccc3F)nc(C)n2)nc1. The van der Waals surface area contributed by atoms with E-state index in [2.05, 4.69) is 25.1 Å². The van der Waals surface area contributed by atoms with Gasteiger partial charge in [-0.1, -0.05) is 29.5 Å². The molecule has 212 valence electrons. The summed E-state index contributed by atoms with van der Waals surface area (Å²) in [5, 5.41) is 9.34. The topological polar surface area (TPSA) is 130 Å². The summed E-state index contributed by atoms with van der Waals surface area (Å²) < 4.78 is 30.0. The predicted molar refractivity (Wildman–Crippen MR) is 146 cm³/mol. The highest BCUT2D eigenvalue weighted by Crippen LogP contribution is 2.46. The highest BCUT2D eigenvalue weighted by Gasteiger charge is 2.40. The monoisotopic (exact) mass is 578 g/mol. The molecule has 0 unspecified atom stereocenters. The Morgan fingerprint density at radius 2 is 1.90 bits per heavy atom. The van der Waals surface area contributed by atoms with Crippen LogP contribution in [0.3, 0.4) is 0 Å². The lowest BCUT2D eigenvalue weighted by Crippen LogP contribution is -2.33. The molecular weight excluding hydrogens is 551 g/mol. The summed E-state index contributed by atoms with van der Waals surface area (Å²) in [5.41, 5.74) is 1.89. The number of aryl methyl sites for hydroxylation is 3. The smallest absolute Gasteiger partial charge is 0.418 e. The number of pyridine rings is 1. The molecule has 1 aliphatic carbocycles. The van der Waals surface area contributed by atoms with Crippen molar-refractivity contribution < 1.29 is 28.2 Å². The van der Waals surface area contributed by atoms with E-state index in [0.29, 0.717) is 35.2 Å². The molecule has 0 saturated heterocycles. The van der Waals surface area contributed by atoms with Gasteiger partial charge in [-0.25, -0.2) is 19.0 Å². The van der Waals surface area contributed by atoms with Gasteiger partial charge in [-0.05, 0) is 51.0 Å². The van der Waals surface area contributed by atoms with Crippen molar-refractivity contribution in [3.63, 3.8) is 0 Å². The van der Waals surface area contributed by atoms with Crippen LogP contribution in [0.25, 0.3) is 0 Å². The van der Waals surface area contributed by atoms with Crippen molar-refractivity contribution >= 4 is 29.2 Å². The molecule has 0 N–H and O–H groups in total. The maximum atomic E-state index is 13.9. The van der Waals surface area contributed by atoms with E-state index in [9.17, 15) is 14.0 Å². The molecule has 5 rings (SSSR count). The standard InChI is InChI=1S/C28H27FN6O5S/c1-16-8-9-23(30-12-16)21-10-19(21)14-38-25-11-24(31-17(2)32-25)35(13-26-34-33-18(3)41-26)28(37)40-15-39-27(36)20-6-4-5-7-22(20)29/h4-9,11-12,19,21H,10,13-15H2,1-3H3/t19-,21+/m1/s1. The van der Waals surface area contributed by atoms with E-state index in [1.165, 1.54) is 40.5 Å². The molecule has 1 aliphatic rings. The summed E-state index contributed by atoms with van der Waals surface area (Å²) in [7, 11) is 0. The number of hydrogen-bond donors (Lipinski definition) is 0. The fourth-order valence-corrected chi connectivity index (χ4v) is 4.81. The Labute approximate surface area is 239 Å². The first-order chi connectivity index (χ1) is 19.8. The van der Waals surface area contributed by atoms with E-state index in [1.54, 1.807) is 13.8 Å². The Morgan fingerprint density at radius 3 is 2.63 bits per heavy atom. The second-order valence-corrected chi connectivity index (χ2v) is 10.8. The van der Waals surface area contributed by atoms with E-state index >= 15 is 0 Å². The van der Waals surface area contributed by atoms with Crippen molar-refractivity contribution in [2.75, 3.05) is 18.3 Å². The van der Waals surface area contributed by atoms with Crippen molar-refractivity contribution in [2.24, 2.45) is 5.92 Å². The van der Waals surface area contributed by atoms with Crippen LogP contribution in [-0.4, -0.2) is 50.6 Å². The lowest BCUT2D eigenvalue weighted by Gasteiger charge is -2.20. The van der Waals surface area contributed by atoms with Gasteiger partial charge >= 0.3 is 12.1 Å². The van der Waals surface area contributed by atoms with Crippen LogP contribution < -0.4 is 9.64 Å². The average molecular weight is 579 g/mol. The minimum absolute atomic E-state index is 0.00865. The molecular formula is C28H27FN6O5S. The summed E-state index contributed by atoms with van der Waals surface area (Å²) >= 11 is 1.31. The minimum Gasteiger partial charge on any atom is -0.477 e. The van der Waals surface area contributed by atoms with Gasteiger partial charge in [-0.15, -0.1) is 10.2 Å². The van der Waals surface area contributed by atoms with Crippen LogP contribution in [0.15, 0.2) is 48.7 Å². The molecule has 0 bridgehead atoms. The molecule has 2 atom stereocenters. The molecule has 0 aliphatic heterocycles. The molecule has 1 fully saturated rings. The van der Waals surface area contributed by atoms with E-state index in [1.807, 2.05) is 25.3 Å². The highest BCUT2D eigenvalue weighted by molar-refractivity contribution is 7.11. The third kappa shape index (κ3) is 7.17. The highest BCUT2D eigenvalue weighted by atomic mass is 32.1. The van der Waals surface area contributed by atoms with Gasteiger partial charge in [0.1, 0.15) is 27.5 Å². The van der Waals surface area contributed by atoms with Gasteiger partial charge in [0, 0.05) is 29.8 Å². The van der Waals surface area contributed by atoms with Crippen LogP contribution in [0, 0.1) is 32.5 Å². The number of nitrogens with zero attached hydrogens (tertiary/aromatic N) is 6. The molecule has 1 amide bonds. The maximum absolute atomic E-state index is 13.9. The second-order valence-electron chi connectivity index (χ2n) is 9.53. The Balaban J connectivity index is 1.26. The number of aromatic nitrogens is 5. The lowest BCUT2D eigenvalue weighted by molar-refractivity contribution is -0.00107. The molecule has 0 spiro atoms. The molecule has 3 heterocycles. The average Bonchev–Trinajstić information content (AvgIpc) is 3.61. The van der Waals surface area contributed by atoms with Crippen molar-refractivity contribution in [1.29, 1.82) is 0 Å². The van der Waals surface area contributed by atoms with Crippen LogP contribution in [0.2, 0.25) is 0 Å². The summed E-state index contributed by atoms with van der Waals surface area (Å²) in [5.74, 6) is -0.188. The van der Waals surface area contributed by atoms with Crippen LogP contribution in [0.1, 0.15) is 49.8 Å². The molecule has 1 aromatic carbocycles. The van der Waals surface area contributed by atoms with Gasteiger partial charge in [0.15, 0.2) is 0 Å². The Bertz CT molecular complexity index is 1550.